The van der Waals surface area contributed by atoms with Crippen LogP contribution in [0.3, 0.4) is 0 Å². The van der Waals surface area contributed by atoms with E-state index < -0.39 is 6.10 Å². The molecule has 4 heteroatoms. The minimum absolute atomic E-state index is 0.493. The molecule has 0 fully saturated rings. The number of anilines is 1. The maximum absolute atomic E-state index is 9.38. The van der Waals surface area contributed by atoms with Gasteiger partial charge in [-0.1, -0.05) is 19.8 Å². The molecule has 0 radical (unpaired) electrons. The van der Waals surface area contributed by atoms with Crippen molar-refractivity contribution in [2.45, 2.75) is 45.6 Å². The van der Waals surface area contributed by atoms with E-state index in [0.29, 0.717) is 5.82 Å². The van der Waals surface area contributed by atoms with E-state index >= 15 is 0 Å². The molecule has 0 bridgehead atoms. The molecule has 1 aromatic heterocycles. The molecular formula is C10H18N2OS. The van der Waals surface area contributed by atoms with Crippen molar-refractivity contribution in [3.8, 4) is 0 Å². The Morgan fingerprint density at radius 2 is 2.21 bits per heavy atom. The third-order valence-corrected chi connectivity index (χ3v) is 3.40. The number of nitrogens with two attached hydrogens (primary N) is 1. The first-order valence-electron chi connectivity index (χ1n) is 5.08. The summed E-state index contributed by atoms with van der Waals surface area (Å²) in [6.07, 6.45) is 4.08. The topological polar surface area (TPSA) is 59.1 Å². The van der Waals surface area contributed by atoms with Crippen molar-refractivity contribution in [1.29, 1.82) is 0 Å². The highest BCUT2D eigenvalue weighted by molar-refractivity contribution is 7.12. The molecule has 1 heterocycles. The Kier molecular flexibility index (Phi) is 4.35. The molecular weight excluding hydrogens is 196 g/mol. The zero-order valence-corrected chi connectivity index (χ0v) is 9.60. The number of thiazole rings is 1. The summed E-state index contributed by atoms with van der Waals surface area (Å²) in [5, 5.41) is 10.4. The van der Waals surface area contributed by atoms with Gasteiger partial charge in [0.05, 0.1) is 16.0 Å². The third kappa shape index (κ3) is 2.96. The maximum atomic E-state index is 9.38. The van der Waals surface area contributed by atoms with E-state index in [2.05, 4.69) is 11.9 Å². The van der Waals surface area contributed by atoms with Crippen LogP contribution in [0.5, 0.6) is 0 Å². The lowest BCUT2D eigenvalue weighted by Crippen LogP contribution is -1.94. The van der Waals surface area contributed by atoms with Gasteiger partial charge < -0.3 is 10.8 Å². The fourth-order valence-corrected chi connectivity index (χ4v) is 2.29. The molecule has 0 aliphatic rings. The van der Waals surface area contributed by atoms with E-state index in [-0.39, 0.29) is 0 Å². The van der Waals surface area contributed by atoms with Gasteiger partial charge in [0, 0.05) is 0 Å². The molecule has 14 heavy (non-hydrogen) atoms. The highest BCUT2D eigenvalue weighted by Gasteiger charge is 2.12. The maximum Gasteiger partial charge on any atom is 0.140 e. The average Bonchev–Trinajstić information content (AvgIpc) is 2.47. The van der Waals surface area contributed by atoms with Gasteiger partial charge in [0.15, 0.2) is 0 Å². The summed E-state index contributed by atoms with van der Waals surface area (Å²) in [5.41, 5.74) is 5.69. The van der Waals surface area contributed by atoms with Gasteiger partial charge in [0.25, 0.3) is 0 Å². The second-order valence-electron chi connectivity index (χ2n) is 3.49. The van der Waals surface area contributed by atoms with Crippen molar-refractivity contribution >= 4 is 17.2 Å². The van der Waals surface area contributed by atoms with Crippen LogP contribution in [0, 0.1) is 0 Å². The number of hydrogen-bond acceptors (Lipinski definition) is 4. The molecule has 1 unspecified atom stereocenters. The van der Waals surface area contributed by atoms with Crippen LogP contribution >= 0.6 is 11.3 Å². The first-order chi connectivity index (χ1) is 6.65. The SMILES string of the molecule is CCCCCc1nc(N)c(C(C)O)s1. The molecule has 1 aromatic rings. The largest absolute Gasteiger partial charge is 0.388 e. The minimum Gasteiger partial charge on any atom is -0.388 e. The normalized spacial score (nSPS) is 13.1. The Morgan fingerprint density at radius 1 is 1.50 bits per heavy atom. The van der Waals surface area contributed by atoms with Crippen LogP contribution in [0.4, 0.5) is 5.82 Å². The number of aryl methyl sites for hydroxylation is 1. The molecule has 1 atom stereocenters. The third-order valence-electron chi connectivity index (χ3n) is 2.10. The highest BCUT2D eigenvalue weighted by atomic mass is 32.1. The number of aromatic nitrogens is 1. The summed E-state index contributed by atoms with van der Waals surface area (Å²) < 4.78 is 0. The predicted octanol–water partition coefficient (Wildman–Crippen LogP) is 2.51. The number of aliphatic hydroxyl groups is 1. The molecule has 0 amide bonds. The Bertz CT molecular complexity index is 284. The van der Waals surface area contributed by atoms with Crippen molar-refractivity contribution < 1.29 is 5.11 Å². The lowest BCUT2D eigenvalue weighted by molar-refractivity contribution is 0.203. The van der Waals surface area contributed by atoms with Crippen molar-refractivity contribution in [2.24, 2.45) is 0 Å². The van der Waals surface area contributed by atoms with Crippen LogP contribution in [-0.4, -0.2) is 10.1 Å². The fraction of sp³-hybridized carbons (Fsp3) is 0.700. The molecule has 1 rings (SSSR count). The predicted molar refractivity (Wildman–Crippen MR) is 60.4 cm³/mol. The fourth-order valence-electron chi connectivity index (χ4n) is 1.32. The molecule has 0 saturated carbocycles. The van der Waals surface area contributed by atoms with Crippen LogP contribution in [0.2, 0.25) is 0 Å². The first kappa shape index (κ1) is 11.5. The quantitative estimate of drug-likeness (QED) is 0.740. The summed E-state index contributed by atoms with van der Waals surface area (Å²) in [6, 6.07) is 0. The zero-order chi connectivity index (χ0) is 10.6. The summed E-state index contributed by atoms with van der Waals surface area (Å²) in [4.78, 5) is 5.04. The van der Waals surface area contributed by atoms with Crippen molar-refractivity contribution in [2.75, 3.05) is 5.73 Å². The Morgan fingerprint density at radius 3 is 2.71 bits per heavy atom. The van der Waals surface area contributed by atoms with E-state index in [1.165, 1.54) is 24.2 Å². The Hall–Kier alpha value is -0.610. The molecule has 3 nitrogen and oxygen atoms in total. The van der Waals surface area contributed by atoms with Crippen LogP contribution in [0.15, 0.2) is 0 Å². The van der Waals surface area contributed by atoms with Gasteiger partial charge in [-0.15, -0.1) is 11.3 Å². The van der Waals surface area contributed by atoms with Crippen LogP contribution < -0.4 is 5.73 Å². The number of hydrogen-bond donors (Lipinski definition) is 2. The molecule has 0 saturated heterocycles. The molecule has 3 N–H and O–H groups in total. The van der Waals surface area contributed by atoms with Gasteiger partial charge in [-0.2, -0.15) is 0 Å². The monoisotopic (exact) mass is 214 g/mol. The van der Waals surface area contributed by atoms with E-state index in [1.54, 1.807) is 6.92 Å². The van der Waals surface area contributed by atoms with Gasteiger partial charge in [-0.3, -0.25) is 0 Å². The van der Waals surface area contributed by atoms with E-state index in [4.69, 9.17) is 5.73 Å². The minimum atomic E-state index is -0.493. The Labute approximate surface area is 89.0 Å². The van der Waals surface area contributed by atoms with Gasteiger partial charge in [0.1, 0.15) is 5.82 Å². The number of rotatable bonds is 5. The molecule has 0 spiro atoms. The van der Waals surface area contributed by atoms with Crippen LogP contribution in [0.1, 0.15) is 49.1 Å². The highest BCUT2D eigenvalue weighted by Crippen LogP contribution is 2.27. The number of nitrogens with zero attached hydrogens (tertiary/aromatic N) is 1. The number of unbranched alkanes of at least 4 members (excludes halogenated alkanes) is 2. The Balaban J connectivity index is 2.57. The average molecular weight is 214 g/mol. The summed E-state index contributed by atoms with van der Waals surface area (Å²) in [6.45, 7) is 3.90. The zero-order valence-electron chi connectivity index (χ0n) is 8.79. The van der Waals surface area contributed by atoms with Crippen molar-refractivity contribution in [3.63, 3.8) is 0 Å². The molecule has 0 aromatic carbocycles. The standard InChI is InChI=1S/C10H18N2OS/c1-3-4-5-6-8-12-10(11)9(14-8)7(2)13/h7,13H,3-6,11H2,1-2H3. The lowest BCUT2D eigenvalue weighted by Gasteiger charge is -1.98. The van der Waals surface area contributed by atoms with E-state index in [9.17, 15) is 5.11 Å². The molecule has 0 aliphatic heterocycles. The summed E-state index contributed by atoms with van der Waals surface area (Å²) >= 11 is 1.53. The van der Waals surface area contributed by atoms with Crippen molar-refractivity contribution in [1.82, 2.24) is 4.98 Å². The van der Waals surface area contributed by atoms with Gasteiger partial charge in [-0.25, -0.2) is 4.98 Å². The van der Waals surface area contributed by atoms with E-state index in [0.717, 1.165) is 22.7 Å². The first-order valence-corrected chi connectivity index (χ1v) is 5.90. The second kappa shape index (κ2) is 5.32. The molecule has 0 aliphatic carbocycles. The van der Waals surface area contributed by atoms with Gasteiger partial charge in [-0.05, 0) is 19.8 Å². The van der Waals surface area contributed by atoms with Gasteiger partial charge >= 0.3 is 0 Å². The van der Waals surface area contributed by atoms with Crippen LogP contribution in [0.25, 0.3) is 0 Å². The second-order valence-corrected chi connectivity index (χ2v) is 4.61. The van der Waals surface area contributed by atoms with Crippen LogP contribution in [-0.2, 0) is 6.42 Å². The number of aliphatic hydroxyl groups excluding tert-OH is 1. The summed E-state index contributed by atoms with van der Waals surface area (Å²) in [7, 11) is 0. The van der Waals surface area contributed by atoms with E-state index in [1.807, 2.05) is 0 Å². The van der Waals surface area contributed by atoms with Crippen molar-refractivity contribution in [3.05, 3.63) is 9.88 Å². The lowest BCUT2D eigenvalue weighted by atomic mass is 10.2. The van der Waals surface area contributed by atoms with Gasteiger partial charge in [0.2, 0.25) is 0 Å². The smallest absolute Gasteiger partial charge is 0.140 e. The number of nitrogen functional groups attached to an aromatic ring is 1. The molecule has 80 valence electrons. The summed E-state index contributed by atoms with van der Waals surface area (Å²) in [5.74, 6) is 0.497.